The molecule has 0 N–H and O–H groups in total. The van der Waals surface area contributed by atoms with E-state index >= 15 is 0 Å². The number of hydrogen-bond acceptors (Lipinski definition) is 6. The van der Waals surface area contributed by atoms with Gasteiger partial charge in [-0.3, -0.25) is 4.98 Å². The first-order valence-electron chi connectivity index (χ1n) is 17.9. The fraction of sp³-hybridized carbons (Fsp3) is 0. The molecule has 0 aliphatic rings. The van der Waals surface area contributed by atoms with Crippen molar-refractivity contribution in [2.75, 3.05) is 0 Å². The van der Waals surface area contributed by atoms with Crippen LogP contribution in [0.2, 0.25) is 0 Å². The lowest BCUT2D eigenvalue weighted by Crippen LogP contribution is -2.00. The molecule has 0 fully saturated rings. The Bertz CT molecular complexity index is 3220. The monoisotopic (exact) mass is 692 g/mol. The number of hydrogen-bond donors (Lipinski definition) is 0. The summed E-state index contributed by atoms with van der Waals surface area (Å²) in [5.41, 5.74) is 10.5. The predicted octanol–water partition coefficient (Wildman–Crippen LogP) is 12.6. The van der Waals surface area contributed by atoms with Crippen LogP contribution < -0.4 is 0 Å². The summed E-state index contributed by atoms with van der Waals surface area (Å²) < 4.78 is 12.4. The maximum absolute atomic E-state index is 6.24. The minimum absolute atomic E-state index is 0.579. The zero-order valence-electron chi connectivity index (χ0n) is 28.8. The van der Waals surface area contributed by atoms with Gasteiger partial charge in [-0.05, 0) is 57.3 Å². The quantitative estimate of drug-likeness (QED) is 0.179. The van der Waals surface area contributed by atoms with Gasteiger partial charge in [-0.2, -0.15) is 0 Å². The van der Waals surface area contributed by atoms with Crippen molar-refractivity contribution >= 4 is 54.6 Å². The number of fused-ring (bicyclic) bond motifs is 7. The molecule has 11 rings (SSSR count). The van der Waals surface area contributed by atoms with Gasteiger partial charge >= 0.3 is 0 Å². The van der Waals surface area contributed by atoms with E-state index in [0.29, 0.717) is 17.5 Å². The number of pyridine rings is 1. The van der Waals surface area contributed by atoms with Gasteiger partial charge in [0.25, 0.3) is 0 Å². The van der Waals surface area contributed by atoms with E-state index in [0.717, 1.165) is 77.3 Å². The van der Waals surface area contributed by atoms with Gasteiger partial charge in [-0.15, -0.1) is 0 Å². The highest BCUT2D eigenvalue weighted by Gasteiger charge is 2.19. The molecular formula is C48H28N4O2. The molecule has 4 heterocycles. The summed E-state index contributed by atoms with van der Waals surface area (Å²) in [5, 5.41) is 6.54. The molecule has 0 bridgehead atoms. The fourth-order valence-electron chi connectivity index (χ4n) is 7.80. The van der Waals surface area contributed by atoms with Crippen LogP contribution in [0.3, 0.4) is 0 Å². The van der Waals surface area contributed by atoms with Crippen molar-refractivity contribution < 1.29 is 8.83 Å². The normalized spacial score (nSPS) is 11.7. The summed E-state index contributed by atoms with van der Waals surface area (Å²) in [5.74, 6) is 1.78. The highest BCUT2D eigenvalue weighted by Crippen LogP contribution is 2.41. The Morgan fingerprint density at radius 2 is 0.833 bits per heavy atom. The Hall–Kier alpha value is -7.44. The molecule has 11 aromatic rings. The standard InChI is InChI=1S/C48H28N4O2/c1-2-10-30(11-3-1)46-50-47(52-48(51-46)39-18-9-21-42-45(39)38-26-27-49-28-43(38)54-42)31-24-22-29(23-25-31)32-13-6-15-34-33(32)14-7-16-35(34)36-17-8-20-41-44(36)37-12-4-5-19-40(37)53-41/h1-28H. The van der Waals surface area contributed by atoms with Crippen molar-refractivity contribution in [1.82, 2.24) is 19.9 Å². The lowest BCUT2D eigenvalue weighted by Gasteiger charge is -2.13. The molecule has 0 aliphatic carbocycles. The molecule has 0 saturated carbocycles. The molecule has 4 aromatic heterocycles. The Morgan fingerprint density at radius 1 is 0.315 bits per heavy atom. The number of furan rings is 2. The molecule has 0 atom stereocenters. The summed E-state index contributed by atoms with van der Waals surface area (Å²) >= 11 is 0. The minimum atomic E-state index is 0.579. The first-order chi connectivity index (χ1) is 26.8. The summed E-state index contributed by atoms with van der Waals surface area (Å²) in [6.07, 6.45) is 3.52. The molecule has 0 spiro atoms. The van der Waals surface area contributed by atoms with Gasteiger partial charge in [0.05, 0.1) is 6.20 Å². The molecule has 7 aromatic carbocycles. The van der Waals surface area contributed by atoms with E-state index in [9.17, 15) is 0 Å². The zero-order valence-corrected chi connectivity index (χ0v) is 28.8. The Balaban J connectivity index is 1.03. The van der Waals surface area contributed by atoms with E-state index in [2.05, 4.69) is 89.9 Å². The topological polar surface area (TPSA) is 77.8 Å². The molecule has 0 aliphatic heterocycles. The zero-order chi connectivity index (χ0) is 35.6. The molecule has 6 nitrogen and oxygen atoms in total. The van der Waals surface area contributed by atoms with Crippen LogP contribution >= 0.6 is 0 Å². The van der Waals surface area contributed by atoms with Gasteiger partial charge in [0.15, 0.2) is 23.1 Å². The van der Waals surface area contributed by atoms with Gasteiger partial charge in [-0.1, -0.05) is 133 Å². The predicted molar refractivity (Wildman–Crippen MR) is 217 cm³/mol. The highest BCUT2D eigenvalue weighted by atomic mass is 16.3. The third kappa shape index (κ3) is 4.81. The Morgan fingerprint density at radius 3 is 1.63 bits per heavy atom. The van der Waals surface area contributed by atoms with E-state index in [4.69, 9.17) is 23.8 Å². The molecule has 54 heavy (non-hydrogen) atoms. The van der Waals surface area contributed by atoms with Crippen LogP contribution in [0.15, 0.2) is 179 Å². The van der Waals surface area contributed by atoms with Crippen molar-refractivity contribution in [2.45, 2.75) is 0 Å². The second kappa shape index (κ2) is 12.1. The lowest BCUT2D eigenvalue weighted by molar-refractivity contribution is 0.667. The third-order valence-corrected chi connectivity index (χ3v) is 10.3. The SMILES string of the molecule is c1ccc(-c2nc(-c3ccc(-c4cccc5c(-c6cccc7oc8ccccc8c67)cccc45)cc3)nc(-c3cccc4oc5cnccc5c34)n2)cc1. The van der Waals surface area contributed by atoms with Crippen molar-refractivity contribution in [3.63, 3.8) is 0 Å². The maximum atomic E-state index is 6.24. The fourth-order valence-corrected chi connectivity index (χ4v) is 7.80. The first-order valence-corrected chi connectivity index (χ1v) is 17.9. The molecule has 6 heteroatoms. The second-order valence-corrected chi connectivity index (χ2v) is 13.4. The van der Waals surface area contributed by atoms with E-state index in [1.54, 1.807) is 12.4 Å². The van der Waals surface area contributed by atoms with Gasteiger partial charge in [0.2, 0.25) is 0 Å². The molecule has 0 amide bonds. The third-order valence-electron chi connectivity index (χ3n) is 10.3. The van der Waals surface area contributed by atoms with E-state index < -0.39 is 0 Å². The summed E-state index contributed by atoms with van der Waals surface area (Å²) in [6.45, 7) is 0. The average Bonchev–Trinajstić information content (AvgIpc) is 3.82. The Labute approximate surface area is 309 Å². The van der Waals surface area contributed by atoms with Crippen LogP contribution in [0.4, 0.5) is 0 Å². The van der Waals surface area contributed by atoms with Gasteiger partial charge in [-0.25, -0.2) is 15.0 Å². The van der Waals surface area contributed by atoms with Crippen molar-refractivity contribution in [3.05, 3.63) is 170 Å². The van der Waals surface area contributed by atoms with Gasteiger partial charge in [0, 0.05) is 44.4 Å². The van der Waals surface area contributed by atoms with Gasteiger partial charge < -0.3 is 8.83 Å². The largest absolute Gasteiger partial charge is 0.456 e. The van der Waals surface area contributed by atoms with Crippen LogP contribution in [0.25, 0.3) is 111 Å². The number of rotatable bonds is 5. The molecule has 0 unspecified atom stereocenters. The summed E-state index contributed by atoms with van der Waals surface area (Å²) in [6, 6.07) is 54.2. The summed E-state index contributed by atoms with van der Waals surface area (Å²) in [7, 11) is 0. The molecular weight excluding hydrogens is 665 g/mol. The van der Waals surface area contributed by atoms with Crippen LogP contribution in [-0.2, 0) is 0 Å². The van der Waals surface area contributed by atoms with E-state index in [1.165, 1.54) is 16.3 Å². The second-order valence-electron chi connectivity index (χ2n) is 13.4. The maximum Gasteiger partial charge on any atom is 0.164 e. The lowest BCUT2D eigenvalue weighted by atomic mass is 9.91. The van der Waals surface area contributed by atoms with Gasteiger partial charge in [0.1, 0.15) is 16.7 Å². The van der Waals surface area contributed by atoms with E-state index in [1.807, 2.05) is 72.8 Å². The minimum Gasteiger partial charge on any atom is -0.456 e. The Kier molecular flexibility index (Phi) is 6.75. The van der Waals surface area contributed by atoms with Crippen LogP contribution in [0, 0.1) is 0 Å². The van der Waals surface area contributed by atoms with Crippen LogP contribution in [0.1, 0.15) is 0 Å². The molecule has 252 valence electrons. The van der Waals surface area contributed by atoms with Crippen LogP contribution in [-0.4, -0.2) is 19.9 Å². The van der Waals surface area contributed by atoms with Crippen molar-refractivity contribution in [1.29, 1.82) is 0 Å². The molecule has 0 saturated heterocycles. The smallest absolute Gasteiger partial charge is 0.164 e. The average molecular weight is 693 g/mol. The summed E-state index contributed by atoms with van der Waals surface area (Å²) in [4.78, 5) is 19.4. The highest BCUT2D eigenvalue weighted by molar-refractivity contribution is 6.16. The van der Waals surface area contributed by atoms with Crippen molar-refractivity contribution in [3.8, 4) is 56.4 Å². The number of benzene rings is 7. The first kappa shape index (κ1) is 30.2. The number of nitrogens with zero attached hydrogens (tertiary/aromatic N) is 4. The van der Waals surface area contributed by atoms with E-state index in [-0.39, 0.29) is 0 Å². The number of para-hydroxylation sites is 1. The number of aromatic nitrogens is 4. The van der Waals surface area contributed by atoms with Crippen LogP contribution in [0.5, 0.6) is 0 Å². The van der Waals surface area contributed by atoms with Crippen molar-refractivity contribution in [2.24, 2.45) is 0 Å². The molecule has 0 radical (unpaired) electrons.